The van der Waals surface area contributed by atoms with Crippen LogP contribution in [0.2, 0.25) is 0 Å². The smallest absolute Gasteiger partial charge is 0.191 e. The zero-order valence-corrected chi connectivity index (χ0v) is 14.9. The maximum atomic E-state index is 10.3. The number of aromatic nitrogens is 3. The van der Waals surface area contributed by atoms with E-state index < -0.39 is 6.10 Å². The first-order chi connectivity index (χ1) is 12.2. The van der Waals surface area contributed by atoms with Crippen LogP contribution in [-0.2, 0) is 0 Å². The predicted octanol–water partition coefficient (Wildman–Crippen LogP) is 3.61. The van der Waals surface area contributed by atoms with Crippen LogP contribution < -0.4 is 4.74 Å². The number of benzene rings is 2. The number of fused-ring (bicyclic) bond motifs is 1. The van der Waals surface area contributed by atoms with E-state index in [1.807, 2.05) is 37.3 Å². The summed E-state index contributed by atoms with van der Waals surface area (Å²) in [6.45, 7) is 2.24. The van der Waals surface area contributed by atoms with Gasteiger partial charge in [-0.05, 0) is 31.2 Å². The molecule has 1 aliphatic carbocycles. The Morgan fingerprint density at radius 3 is 2.84 bits per heavy atom. The van der Waals surface area contributed by atoms with Crippen LogP contribution in [0, 0.1) is 6.92 Å². The van der Waals surface area contributed by atoms with Crippen LogP contribution in [0.4, 0.5) is 0 Å². The Morgan fingerprint density at radius 2 is 2.00 bits per heavy atom. The molecule has 1 heterocycles. The second kappa shape index (κ2) is 7.06. The summed E-state index contributed by atoms with van der Waals surface area (Å²) in [6, 6.07) is 14.6. The van der Waals surface area contributed by atoms with E-state index in [4.69, 9.17) is 4.74 Å². The molecule has 5 nitrogen and oxygen atoms in total. The minimum atomic E-state index is -0.561. The molecule has 0 radical (unpaired) electrons. The minimum Gasteiger partial charge on any atom is -0.490 e. The molecule has 0 amide bonds. The molecule has 0 aliphatic heterocycles. The fraction of sp³-hybridized carbons (Fsp3) is 0.368. The summed E-state index contributed by atoms with van der Waals surface area (Å²) in [5.41, 5.74) is 0. The molecular formula is C19H21N3O2S. The van der Waals surface area contributed by atoms with Crippen molar-refractivity contribution >= 4 is 22.5 Å². The van der Waals surface area contributed by atoms with Crippen molar-refractivity contribution in [2.75, 3.05) is 12.4 Å². The third-order valence-electron chi connectivity index (χ3n) is 4.33. The second-order valence-corrected chi connectivity index (χ2v) is 7.37. The van der Waals surface area contributed by atoms with Crippen LogP contribution in [-0.4, -0.2) is 38.3 Å². The fourth-order valence-corrected chi connectivity index (χ4v) is 3.88. The van der Waals surface area contributed by atoms with Crippen LogP contribution in [0.1, 0.15) is 24.7 Å². The lowest BCUT2D eigenvalue weighted by Gasteiger charge is -2.14. The standard InChI is InChI=1S/C19H21N3O2S/c1-13-20-21-19(22(13)15-9-10-15)25-12-16(23)11-24-18-8-4-6-14-5-2-3-7-17(14)18/h2-8,15-16,23H,9-12H2,1H3/t16-/m0/s1. The van der Waals surface area contributed by atoms with Crippen molar-refractivity contribution in [3.05, 3.63) is 48.3 Å². The highest BCUT2D eigenvalue weighted by Gasteiger charge is 2.28. The first kappa shape index (κ1) is 16.4. The molecule has 6 heteroatoms. The van der Waals surface area contributed by atoms with Gasteiger partial charge in [0.05, 0.1) is 6.10 Å². The molecule has 25 heavy (non-hydrogen) atoms. The quantitative estimate of drug-likeness (QED) is 0.656. The van der Waals surface area contributed by atoms with Gasteiger partial charge in [0.1, 0.15) is 18.2 Å². The van der Waals surface area contributed by atoms with Gasteiger partial charge in [-0.3, -0.25) is 0 Å². The lowest BCUT2D eigenvalue weighted by molar-refractivity contribution is 0.127. The molecule has 0 unspecified atom stereocenters. The Bertz CT molecular complexity index is 871. The highest BCUT2D eigenvalue weighted by Crippen LogP contribution is 2.38. The Morgan fingerprint density at radius 1 is 1.20 bits per heavy atom. The number of rotatable bonds is 7. The zero-order chi connectivity index (χ0) is 17.2. The van der Waals surface area contributed by atoms with Crippen LogP contribution in [0.3, 0.4) is 0 Å². The Labute approximate surface area is 151 Å². The van der Waals surface area contributed by atoms with E-state index in [0.717, 1.165) is 27.5 Å². The molecule has 1 N–H and O–H groups in total. The number of nitrogens with zero attached hydrogens (tertiary/aromatic N) is 3. The monoisotopic (exact) mass is 355 g/mol. The number of ether oxygens (including phenoxy) is 1. The number of hydrogen-bond donors (Lipinski definition) is 1. The number of hydrogen-bond acceptors (Lipinski definition) is 5. The van der Waals surface area contributed by atoms with Crippen molar-refractivity contribution < 1.29 is 9.84 Å². The van der Waals surface area contributed by atoms with Gasteiger partial charge in [0.15, 0.2) is 5.16 Å². The predicted molar refractivity (Wildman–Crippen MR) is 99.2 cm³/mol. The van der Waals surface area contributed by atoms with Gasteiger partial charge in [0, 0.05) is 17.2 Å². The molecule has 1 saturated carbocycles. The van der Waals surface area contributed by atoms with Crippen molar-refractivity contribution in [2.45, 2.75) is 37.1 Å². The van der Waals surface area contributed by atoms with Crippen molar-refractivity contribution in [3.8, 4) is 5.75 Å². The summed E-state index contributed by atoms with van der Waals surface area (Å²) in [5, 5.41) is 21.8. The van der Waals surface area contributed by atoms with Gasteiger partial charge < -0.3 is 14.4 Å². The zero-order valence-electron chi connectivity index (χ0n) is 14.1. The number of aryl methyl sites for hydroxylation is 1. The topological polar surface area (TPSA) is 60.2 Å². The van der Waals surface area contributed by atoms with E-state index in [2.05, 4.69) is 26.9 Å². The number of thioether (sulfide) groups is 1. The molecule has 1 aliphatic rings. The van der Waals surface area contributed by atoms with Crippen molar-refractivity contribution in [1.82, 2.24) is 14.8 Å². The SMILES string of the molecule is Cc1nnc(SC[C@@H](O)COc2cccc3ccccc23)n1C1CC1. The average Bonchev–Trinajstić information content (AvgIpc) is 3.40. The first-order valence-electron chi connectivity index (χ1n) is 8.55. The summed E-state index contributed by atoms with van der Waals surface area (Å²) in [7, 11) is 0. The van der Waals surface area contributed by atoms with Crippen molar-refractivity contribution in [3.63, 3.8) is 0 Å². The maximum absolute atomic E-state index is 10.3. The van der Waals surface area contributed by atoms with Gasteiger partial charge in [-0.1, -0.05) is 48.2 Å². The molecule has 1 atom stereocenters. The summed E-state index contributed by atoms with van der Waals surface area (Å²) < 4.78 is 8.04. The average molecular weight is 355 g/mol. The lowest BCUT2D eigenvalue weighted by Crippen LogP contribution is -2.20. The van der Waals surface area contributed by atoms with E-state index >= 15 is 0 Å². The molecule has 130 valence electrons. The Kier molecular flexibility index (Phi) is 4.63. The van der Waals surface area contributed by atoms with Gasteiger partial charge in [-0.25, -0.2) is 0 Å². The molecule has 3 aromatic rings. The summed E-state index contributed by atoms with van der Waals surface area (Å²) in [4.78, 5) is 0. The highest BCUT2D eigenvalue weighted by molar-refractivity contribution is 7.99. The molecule has 1 fully saturated rings. The maximum Gasteiger partial charge on any atom is 0.191 e. The molecule has 1 aromatic heterocycles. The third-order valence-corrected chi connectivity index (χ3v) is 5.42. The summed E-state index contributed by atoms with van der Waals surface area (Å²) in [6.07, 6.45) is 1.83. The molecular weight excluding hydrogens is 334 g/mol. The van der Waals surface area contributed by atoms with E-state index in [-0.39, 0.29) is 6.61 Å². The van der Waals surface area contributed by atoms with E-state index in [9.17, 15) is 5.11 Å². The molecule has 0 spiro atoms. The van der Waals surface area contributed by atoms with Crippen LogP contribution in [0.15, 0.2) is 47.6 Å². The highest BCUT2D eigenvalue weighted by atomic mass is 32.2. The number of aliphatic hydroxyl groups excluding tert-OH is 1. The van der Waals surface area contributed by atoms with Gasteiger partial charge in [-0.15, -0.1) is 10.2 Å². The van der Waals surface area contributed by atoms with Crippen molar-refractivity contribution in [2.24, 2.45) is 0 Å². The Hall–Kier alpha value is -2.05. The minimum absolute atomic E-state index is 0.261. The molecule has 0 saturated heterocycles. The molecule has 4 rings (SSSR count). The van der Waals surface area contributed by atoms with Gasteiger partial charge in [0.25, 0.3) is 0 Å². The third kappa shape index (κ3) is 3.65. The van der Waals surface area contributed by atoms with Crippen LogP contribution in [0.25, 0.3) is 10.8 Å². The van der Waals surface area contributed by atoms with Gasteiger partial charge >= 0.3 is 0 Å². The lowest BCUT2D eigenvalue weighted by atomic mass is 10.1. The van der Waals surface area contributed by atoms with Crippen LogP contribution >= 0.6 is 11.8 Å². The molecule has 2 aromatic carbocycles. The Balaban J connectivity index is 1.36. The first-order valence-corrected chi connectivity index (χ1v) is 9.54. The van der Waals surface area contributed by atoms with E-state index in [0.29, 0.717) is 11.8 Å². The summed E-state index contributed by atoms with van der Waals surface area (Å²) in [5.74, 6) is 2.29. The van der Waals surface area contributed by atoms with E-state index in [1.54, 1.807) is 11.8 Å². The van der Waals surface area contributed by atoms with Gasteiger partial charge in [-0.2, -0.15) is 0 Å². The largest absolute Gasteiger partial charge is 0.490 e. The normalized spacial score (nSPS) is 15.4. The summed E-state index contributed by atoms with van der Waals surface area (Å²) >= 11 is 1.54. The van der Waals surface area contributed by atoms with Crippen molar-refractivity contribution in [1.29, 1.82) is 0 Å². The fourth-order valence-electron chi connectivity index (χ4n) is 2.93. The molecule has 0 bridgehead atoms. The second-order valence-electron chi connectivity index (χ2n) is 6.38. The van der Waals surface area contributed by atoms with Crippen LogP contribution in [0.5, 0.6) is 5.75 Å². The van der Waals surface area contributed by atoms with Gasteiger partial charge in [0.2, 0.25) is 0 Å². The number of aliphatic hydroxyl groups is 1. The van der Waals surface area contributed by atoms with E-state index in [1.165, 1.54) is 12.8 Å².